The van der Waals surface area contributed by atoms with E-state index in [1.807, 2.05) is 55.5 Å². The number of hydrogen-bond donors (Lipinski definition) is 3. The molecule has 0 aliphatic rings. The highest BCUT2D eigenvalue weighted by Gasteiger charge is 2.12. The summed E-state index contributed by atoms with van der Waals surface area (Å²) >= 11 is 0. The van der Waals surface area contributed by atoms with Crippen LogP contribution in [0.4, 0.5) is 17.3 Å². The van der Waals surface area contributed by atoms with E-state index in [1.54, 1.807) is 23.9 Å². The standard InChI is InChI=1S/C22H21N7O/c1-14-10-21(29(28-14)20-12-19(24-2)25-13-26-20)27-16-7-5-6-15(11-16)17-8-3-4-9-18(17)22(23)30/h3-13,27H,1-2H3,(H2,23,30)(H,24,25,26). The summed E-state index contributed by atoms with van der Waals surface area (Å²) in [6.45, 7) is 1.92. The van der Waals surface area contributed by atoms with Crippen molar-refractivity contribution in [3.8, 4) is 16.9 Å². The lowest BCUT2D eigenvalue weighted by molar-refractivity contribution is 0.100. The molecule has 2 heterocycles. The van der Waals surface area contributed by atoms with Crippen LogP contribution in [0.3, 0.4) is 0 Å². The number of nitrogens with one attached hydrogen (secondary N) is 2. The molecule has 4 N–H and O–H groups in total. The lowest BCUT2D eigenvalue weighted by atomic mass is 9.99. The van der Waals surface area contributed by atoms with Gasteiger partial charge in [0, 0.05) is 30.4 Å². The number of nitrogens with two attached hydrogens (primary N) is 1. The first-order valence-electron chi connectivity index (χ1n) is 9.38. The third kappa shape index (κ3) is 3.83. The Balaban J connectivity index is 1.70. The minimum Gasteiger partial charge on any atom is -0.373 e. The minimum atomic E-state index is -0.457. The van der Waals surface area contributed by atoms with Crippen molar-refractivity contribution < 1.29 is 4.79 Å². The number of aryl methyl sites for hydroxylation is 1. The molecular weight excluding hydrogens is 378 g/mol. The van der Waals surface area contributed by atoms with E-state index in [-0.39, 0.29) is 0 Å². The van der Waals surface area contributed by atoms with Crippen LogP contribution in [0.1, 0.15) is 16.1 Å². The highest BCUT2D eigenvalue weighted by Crippen LogP contribution is 2.28. The highest BCUT2D eigenvalue weighted by atomic mass is 16.1. The van der Waals surface area contributed by atoms with E-state index in [0.29, 0.717) is 17.2 Å². The summed E-state index contributed by atoms with van der Waals surface area (Å²) in [5.41, 5.74) is 9.38. The molecule has 150 valence electrons. The van der Waals surface area contributed by atoms with Crippen molar-refractivity contribution in [3.05, 3.63) is 78.2 Å². The summed E-state index contributed by atoms with van der Waals surface area (Å²) < 4.78 is 1.72. The summed E-state index contributed by atoms with van der Waals surface area (Å²) in [5, 5.41) is 10.9. The van der Waals surface area contributed by atoms with Crippen LogP contribution < -0.4 is 16.4 Å². The largest absolute Gasteiger partial charge is 0.373 e. The predicted molar refractivity (Wildman–Crippen MR) is 117 cm³/mol. The topological polar surface area (TPSA) is 111 Å². The van der Waals surface area contributed by atoms with Gasteiger partial charge in [-0.15, -0.1) is 0 Å². The van der Waals surface area contributed by atoms with Gasteiger partial charge >= 0.3 is 0 Å². The van der Waals surface area contributed by atoms with E-state index in [2.05, 4.69) is 25.7 Å². The van der Waals surface area contributed by atoms with Gasteiger partial charge in [-0.3, -0.25) is 4.79 Å². The zero-order chi connectivity index (χ0) is 21.1. The van der Waals surface area contributed by atoms with E-state index < -0.39 is 5.91 Å². The van der Waals surface area contributed by atoms with Gasteiger partial charge in [-0.05, 0) is 36.2 Å². The lowest BCUT2D eigenvalue weighted by Gasteiger charge is -2.12. The normalized spacial score (nSPS) is 10.6. The number of amides is 1. The van der Waals surface area contributed by atoms with Crippen molar-refractivity contribution >= 4 is 23.2 Å². The molecule has 0 radical (unpaired) electrons. The van der Waals surface area contributed by atoms with Gasteiger partial charge in [0.1, 0.15) is 18.0 Å². The molecule has 8 heteroatoms. The van der Waals surface area contributed by atoms with E-state index in [1.165, 1.54) is 6.33 Å². The molecule has 4 aromatic rings. The van der Waals surface area contributed by atoms with Gasteiger partial charge in [0.05, 0.1) is 5.69 Å². The maximum absolute atomic E-state index is 11.8. The number of nitrogens with zero attached hydrogens (tertiary/aromatic N) is 4. The molecule has 2 aromatic heterocycles. The number of anilines is 3. The van der Waals surface area contributed by atoms with E-state index in [9.17, 15) is 4.79 Å². The second kappa shape index (κ2) is 8.04. The Morgan fingerprint density at radius 2 is 1.87 bits per heavy atom. The van der Waals surface area contributed by atoms with Crippen LogP contribution in [0.2, 0.25) is 0 Å². The molecule has 2 aromatic carbocycles. The molecule has 4 rings (SSSR count). The van der Waals surface area contributed by atoms with Gasteiger partial charge in [-0.1, -0.05) is 30.3 Å². The SMILES string of the molecule is CNc1cc(-n2nc(C)cc2Nc2cccc(-c3ccccc3C(N)=O)c2)ncn1. The molecule has 0 bridgehead atoms. The quantitative estimate of drug-likeness (QED) is 0.457. The Morgan fingerprint density at radius 1 is 1.03 bits per heavy atom. The third-order valence-electron chi connectivity index (χ3n) is 4.60. The molecule has 0 saturated heterocycles. The summed E-state index contributed by atoms with van der Waals surface area (Å²) in [6.07, 6.45) is 1.49. The van der Waals surface area contributed by atoms with Crippen molar-refractivity contribution in [2.24, 2.45) is 5.73 Å². The first-order chi connectivity index (χ1) is 14.5. The van der Waals surface area contributed by atoms with Crippen molar-refractivity contribution in [1.82, 2.24) is 19.7 Å². The third-order valence-corrected chi connectivity index (χ3v) is 4.60. The average molecular weight is 399 g/mol. The first-order valence-corrected chi connectivity index (χ1v) is 9.38. The van der Waals surface area contributed by atoms with Crippen molar-refractivity contribution in [2.75, 3.05) is 17.7 Å². The number of hydrogen-bond acceptors (Lipinski definition) is 6. The second-order valence-corrected chi connectivity index (χ2v) is 6.71. The molecule has 0 saturated carbocycles. The Kier molecular flexibility index (Phi) is 5.13. The van der Waals surface area contributed by atoms with Gasteiger partial charge in [-0.25, -0.2) is 9.97 Å². The molecule has 0 fully saturated rings. The zero-order valence-corrected chi connectivity index (χ0v) is 16.6. The van der Waals surface area contributed by atoms with Gasteiger partial charge in [-0.2, -0.15) is 9.78 Å². The fourth-order valence-electron chi connectivity index (χ4n) is 3.22. The summed E-state index contributed by atoms with van der Waals surface area (Å²) in [4.78, 5) is 20.3. The van der Waals surface area contributed by atoms with Gasteiger partial charge in [0.2, 0.25) is 5.91 Å². The molecule has 0 unspecified atom stereocenters. The van der Waals surface area contributed by atoms with Crippen LogP contribution in [-0.2, 0) is 0 Å². The van der Waals surface area contributed by atoms with Crippen LogP contribution >= 0.6 is 0 Å². The van der Waals surface area contributed by atoms with Crippen LogP contribution in [0.25, 0.3) is 16.9 Å². The van der Waals surface area contributed by atoms with Crippen molar-refractivity contribution in [1.29, 1.82) is 0 Å². The smallest absolute Gasteiger partial charge is 0.249 e. The number of benzene rings is 2. The fraction of sp³-hybridized carbons (Fsp3) is 0.0909. The average Bonchev–Trinajstić information content (AvgIpc) is 3.14. The highest BCUT2D eigenvalue weighted by molar-refractivity contribution is 6.00. The number of primary amides is 1. The molecule has 30 heavy (non-hydrogen) atoms. The fourth-order valence-corrected chi connectivity index (χ4v) is 3.22. The minimum absolute atomic E-state index is 0.457. The summed E-state index contributed by atoms with van der Waals surface area (Å²) in [6, 6.07) is 18.8. The molecule has 0 aliphatic carbocycles. The first kappa shape index (κ1) is 19.1. The zero-order valence-electron chi connectivity index (χ0n) is 16.6. The van der Waals surface area contributed by atoms with E-state index in [0.717, 1.165) is 28.3 Å². The Labute approximate surface area is 173 Å². The Hall–Kier alpha value is -4.20. The van der Waals surface area contributed by atoms with Crippen LogP contribution in [-0.4, -0.2) is 32.7 Å². The van der Waals surface area contributed by atoms with Crippen molar-refractivity contribution in [2.45, 2.75) is 6.92 Å². The Bertz CT molecular complexity index is 1220. The summed E-state index contributed by atoms with van der Waals surface area (Å²) in [7, 11) is 1.80. The molecule has 0 aliphatic heterocycles. The van der Waals surface area contributed by atoms with Crippen LogP contribution in [0, 0.1) is 6.92 Å². The van der Waals surface area contributed by atoms with Crippen molar-refractivity contribution in [3.63, 3.8) is 0 Å². The molecular formula is C22H21N7O. The van der Waals surface area contributed by atoms with Crippen LogP contribution in [0.5, 0.6) is 0 Å². The number of aromatic nitrogens is 4. The second-order valence-electron chi connectivity index (χ2n) is 6.71. The number of carbonyl (C=O) groups is 1. The summed E-state index contributed by atoms with van der Waals surface area (Å²) in [5.74, 6) is 1.64. The monoisotopic (exact) mass is 399 g/mol. The number of carbonyl (C=O) groups excluding carboxylic acids is 1. The maximum atomic E-state index is 11.8. The lowest BCUT2D eigenvalue weighted by Crippen LogP contribution is -2.12. The molecule has 0 atom stereocenters. The van der Waals surface area contributed by atoms with Gasteiger partial charge in [0.15, 0.2) is 5.82 Å². The predicted octanol–water partition coefficient (Wildman–Crippen LogP) is 3.52. The Morgan fingerprint density at radius 3 is 2.67 bits per heavy atom. The molecule has 8 nitrogen and oxygen atoms in total. The molecule has 1 amide bonds. The van der Waals surface area contributed by atoms with Gasteiger partial charge in [0.25, 0.3) is 0 Å². The van der Waals surface area contributed by atoms with Gasteiger partial charge < -0.3 is 16.4 Å². The van der Waals surface area contributed by atoms with Crippen LogP contribution in [0.15, 0.2) is 67.0 Å². The van der Waals surface area contributed by atoms with E-state index >= 15 is 0 Å². The maximum Gasteiger partial charge on any atom is 0.249 e. The number of rotatable bonds is 6. The molecule has 0 spiro atoms. The van der Waals surface area contributed by atoms with E-state index in [4.69, 9.17) is 5.73 Å².